The number of para-hydroxylation sites is 2. The monoisotopic (exact) mass is 430 g/mol. The van der Waals surface area contributed by atoms with Gasteiger partial charge in [-0.15, -0.1) is 10.2 Å². The van der Waals surface area contributed by atoms with Crippen molar-refractivity contribution in [3.05, 3.63) is 64.4 Å². The summed E-state index contributed by atoms with van der Waals surface area (Å²) in [4.78, 5) is 13.0. The van der Waals surface area contributed by atoms with Crippen LogP contribution in [0.2, 0.25) is 0 Å². The summed E-state index contributed by atoms with van der Waals surface area (Å²) < 4.78 is 33.5. The van der Waals surface area contributed by atoms with Gasteiger partial charge in [0.15, 0.2) is 5.16 Å². The molecule has 2 heterocycles. The molecule has 0 atom stereocenters. The van der Waals surface area contributed by atoms with Crippen LogP contribution in [0.3, 0.4) is 0 Å². The van der Waals surface area contributed by atoms with E-state index in [-0.39, 0.29) is 11.3 Å². The Hall–Kier alpha value is -2.94. The normalized spacial score (nSPS) is 11.6. The number of ether oxygens (including phenoxy) is 1. The Morgan fingerprint density at radius 2 is 1.87 bits per heavy atom. The van der Waals surface area contributed by atoms with E-state index in [2.05, 4.69) is 21.9 Å². The second kappa shape index (κ2) is 8.83. The third kappa shape index (κ3) is 3.89. The Balaban J connectivity index is 1.76. The van der Waals surface area contributed by atoms with E-state index in [0.717, 1.165) is 18.4 Å². The highest BCUT2D eigenvalue weighted by Gasteiger charge is 2.17. The quantitative estimate of drug-likeness (QED) is 0.378. The zero-order chi connectivity index (χ0) is 21.1. The molecule has 0 fully saturated rings. The standard InChI is InChI=1S/C21H20F2N4O2S/c1-2-3-12-26-18(28)15-9-5-6-10-16(15)27-20(26)24-25-21(27)30-13-14-8-4-7-11-17(14)29-19(22)23/h4-11,19H,2-3,12-13H2,1H3. The van der Waals surface area contributed by atoms with E-state index in [1.807, 2.05) is 22.6 Å². The number of unbranched alkanes of at least 4 members (excludes halogenated alkanes) is 1. The fourth-order valence-electron chi connectivity index (χ4n) is 3.32. The van der Waals surface area contributed by atoms with Crippen LogP contribution < -0.4 is 10.3 Å². The average Bonchev–Trinajstić information content (AvgIpc) is 3.17. The smallest absolute Gasteiger partial charge is 0.387 e. The van der Waals surface area contributed by atoms with Gasteiger partial charge in [-0.3, -0.25) is 13.8 Å². The van der Waals surface area contributed by atoms with Gasteiger partial charge in [0.2, 0.25) is 5.78 Å². The largest absolute Gasteiger partial charge is 0.435 e. The van der Waals surface area contributed by atoms with Gasteiger partial charge < -0.3 is 4.74 Å². The van der Waals surface area contributed by atoms with E-state index < -0.39 is 6.61 Å². The molecule has 0 aliphatic carbocycles. The highest BCUT2D eigenvalue weighted by atomic mass is 32.2. The Morgan fingerprint density at radius 3 is 2.67 bits per heavy atom. The first-order chi connectivity index (χ1) is 14.6. The number of nitrogens with zero attached hydrogens (tertiary/aromatic N) is 4. The fourth-order valence-corrected chi connectivity index (χ4v) is 4.25. The van der Waals surface area contributed by atoms with E-state index in [1.54, 1.807) is 28.8 Å². The van der Waals surface area contributed by atoms with Gasteiger partial charge in [-0.1, -0.05) is 55.4 Å². The predicted octanol–water partition coefficient (Wildman–Crippen LogP) is 4.74. The summed E-state index contributed by atoms with van der Waals surface area (Å²) in [5.74, 6) is 0.983. The van der Waals surface area contributed by atoms with Crippen LogP contribution in [-0.4, -0.2) is 25.8 Å². The first kappa shape index (κ1) is 20.3. The van der Waals surface area contributed by atoms with Crippen LogP contribution in [-0.2, 0) is 12.3 Å². The Kier molecular flexibility index (Phi) is 5.98. The molecule has 30 heavy (non-hydrogen) atoms. The summed E-state index contributed by atoms with van der Waals surface area (Å²) in [6.45, 7) is -0.271. The highest BCUT2D eigenvalue weighted by molar-refractivity contribution is 7.98. The van der Waals surface area contributed by atoms with Crippen molar-refractivity contribution in [2.45, 2.75) is 43.8 Å². The van der Waals surface area contributed by atoms with E-state index in [9.17, 15) is 13.6 Å². The number of thioether (sulfide) groups is 1. The van der Waals surface area contributed by atoms with Crippen LogP contribution in [0.15, 0.2) is 58.5 Å². The molecule has 0 radical (unpaired) electrons. The van der Waals surface area contributed by atoms with Crippen molar-refractivity contribution < 1.29 is 13.5 Å². The van der Waals surface area contributed by atoms with E-state index in [0.29, 0.717) is 34.2 Å². The van der Waals surface area contributed by atoms with Crippen molar-refractivity contribution in [3.63, 3.8) is 0 Å². The first-order valence-electron chi connectivity index (χ1n) is 9.62. The number of aryl methyl sites for hydroxylation is 1. The summed E-state index contributed by atoms with van der Waals surface area (Å²) in [6, 6.07) is 14.0. The van der Waals surface area contributed by atoms with Crippen molar-refractivity contribution >= 4 is 28.4 Å². The van der Waals surface area contributed by atoms with Crippen LogP contribution >= 0.6 is 11.8 Å². The third-order valence-corrected chi connectivity index (χ3v) is 5.74. The molecule has 0 amide bonds. The fraction of sp³-hybridized carbons (Fsp3) is 0.286. The minimum absolute atomic E-state index is 0.0915. The molecule has 0 unspecified atom stereocenters. The molecule has 0 saturated carbocycles. The van der Waals surface area contributed by atoms with E-state index >= 15 is 0 Å². The molecule has 6 nitrogen and oxygen atoms in total. The topological polar surface area (TPSA) is 61.4 Å². The zero-order valence-electron chi connectivity index (χ0n) is 16.3. The molecule has 0 saturated heterocycles. The van der Waals surface area contributed by atoms with Gasteiger partial charge >= 0.3 is 6.61 Å². The highest BCUT2D eigenvalue weighted by Crippen LogP contribution is 2.29. The lowest BCUT2D eigenvalue weighted by Gasteiger charge is -2.12. The average molecular weight is 430 g/mol. The number of alkyl halides is 2. The Morgan fingerprint density at radius 1 is 1.10 bits per heavy atom. The molecule has 4 aromatic rings. The summed E-state index contributed by atoms with van der Waals surface area (Å²) in [5, 5.41) is 9.73. The Labute approximate surface area is 175 Å². The minimum Gasteiger partial charge on any atom is -0.435 e. The molecular weight excluding hydrogens is 410 g/mol. The van der Waals surface area contributed by atoms with Gasteiger partial charge in [-0.05, 0) is 24.6 Å². The van der Waals surface area contributed by atoms with Gasteiger partial charge in [0.1, 0.15) is 5.75 Å². The van der Waals surface area contributed by atoms with Crippen LogP contribution in [0.1, 0.15) is 25.3 Å². The van der Waals surface area contributed by atoms with Gasteiger partial charge in [0.25, 0.3) is 5.56 Å². The van der Waals surface area contributed by atoms with Gasteiger partial charge in [-0.25, -0.2) is 0 Å². The number of fused-ring (bicyclic) bond motifs is 3. The second-order valence-electron chi connectivity index (χ2n) is 6.72. The molecule has 156 valence electrons. The predicted molar refractivity (Wildman–Crippen MR) is 112 cm³/mol. The lowest BCUT2D eigenvalue weighted by molar-refractivity contribution is -0.0503. The second-order valence-corrected chi connectivity index (χ2v) is 7.66. The SMILES string of the molecule is CCCCn1c(=O)c2ccccc2n2c(SCc3ccccc3OC(F)F)nnc12. The molecule has 0 aliphatic heterocycles. The lowest BCUT2D eigenvalue weighted by Crippen LogP contribution is -2.23. The van der Waals surface area contributed by atoms with Crippen molar-refractivity contribution in [1.82, 2.24) is 19.2 Å². The Bertz CT molecular complexity index is 1240. The molecule has 0 bridgehead atoms. The molecular formula is C21H20F2N4O2S. The maximum Gasteiger partial charge on any atom is 0.387 e. The maximum absolute atomic E-state index is 13.0. The van der Waals surface area contributed by atoms with Crippen LogP contribution in [0.5, 0.6) is 5.75 Å². The van der Waals surface area contributed by atoms with E-state index in [1.165, 1.54) is 17.8 Å². The molecule has 0 spiro atoms. The molecule has 2 aromatic heterocycles. The van der Waals surface area contributed by atoms with E-state index in [4.69, 9.17) is 0 Å². The molecule has 0 aliphatic rings. The molecule has 4 rings (SSSR count). The van der Waals surface area contributed by atoms with Crippen molar-refractivity contribution in [2.75, 3.05) is 0 Å². The van der Waals surface area contributed by atoms with Crippen molar-refractivity contribution in [1.29, 1.82) is 0 Å². The van der Waals surface area contributed by atoms with Crippen LogP contribution in [0.25, 0.3) is 16.7 Å². The lowest BCUT2D eigenvalue weighted by atomic mass is 10.2. The number of rotatable bonds is 8. The zero-order valence-corrected chi connectivity index (χ0v) is 17.1. The summed E-state index contributed by atoms with van der Waals surface area (Å²) >= 11 is 1.35. The maximum atomic E-state index is 13.0. The van der Waals surface area contributed by atoms with Crippen molar-refractivity contribution in [3.8, 4) is 5.75 Å². The summed E-state index contributed by atoms with van der Waals surface area (Å²) in [6.07, 6.45) is 1.80. The number of halogens is 2. The number of aromatic nitrogens is 4. The third-order valence-electron chi connectivity index (χ3n) is 4.76. The number of hydrogen-bond acceptors (Lipinski definition) is 5. The molecule has 2 aromatic carbocycles. The van der Waals surface area contributed by atoms with Gasteiger partial charge in [-0.2, -0.15) is 8.78 Å². The van der Waals surface area contributed by atoms with Gasteiger partial charge in [0.05, 0.1) is 10.9 Å². The summed E-state index contributed by atoms with van der Waals surface area (Å²) in [5.41, 5.74) is 1.25. The van der Waals surface area contributed by atoms with Crippen LogP contribution in [0.4, 0.5) is 8.78 Å². The molecule has 0 N–H and O–H groups in total. The summed E-state index contributed by atoms with van der Waals surface area (Å²) in [7, 11) is 0. The van der Waals surface area contributed by atoms with Crippen molar-refractivity contribution in [2.24, 2.45) is 0 Å². The number of benzene rings is 2. The molecule has 9 heteroatoms. The first-order valence-corrected chi connectivity index (χ1v) is 10.6. The van der Waals surface area contributed by atoms with Gasteiger partial charge in [0, 0.05) is 17.9 Å². The number of hydrogen-bond donors (Lipinski definition) is 0. The van der Waals surface area contributed by atoms with Crippen LogP contribution in [0, 0.1) is 0 Å². The minimum atomic E-state index is -2.89.